The largest absolute Gasteiger partial charge is 0.478 e. The van der Waals surface area contributed by atoms with Crippen LogP contribution in [-0.4, -0.2) is 34.1 Å². The van der Waals surface area contributed by atoms with Crippen molar-refractivity contribution in [2.24, 2.45) is 4.99 Å². The number of carboxylic acid groups (broad SMARTS) is 1. The first-order valence-corrected chi connectivity index (χ1v) is 11.2. The van der Waals surface area contributed by atoms with Gasteiger partial charge in [-0.25, -0.2) is 9.79 Å². The average molecular weight is 461 g/mol. The Labute approximate surface area is 196 Å². The highest BCUT2D eigenvalue weighted by Gasteiger charge is 2.31. The van der Waals surface area contributed by atoms with Crippen LogP contribution in [0.2, 0.25) is 0 Å². The van der Waals surface area contributed by atoms with Gasteiger partial charge >= 0.3 is 5.97 Å². The Bertz CT molecular complexity index is 1330. The number of nitrogens with zero attached hydrogens (tertiary/aromatic N) is 2. The zero-order valence-corrected chi connectivity index (χ0v) is 19.9. The van der Waals surface area contributed by atoms with Crippen LogP contribution in [0.25, 0.3) is 17.4 Å². The highest BCUT2D eigenvalue weighted by molar-refractivity contribution is 8.18. The molecule has 0 spiro atoms. The van der Waals surface area contributed by atoms with Crippen LogP contribution in [0, 0.1) is 27.7 Å². The van der Waals surface area contributed by atoms with Crippen LogP contribution in [-0.2, 0) is 4.79 Å². The third kappa shape index (κ3) is 4.50. The van der Waals surface area contributed by atoms with E-state index >= 15 is 0 Å². The molecule has 168 valence electrons. The van der Waals surface area contributed by atoms with Crippen LogP contribution in [0.4, 0.5) is 5.69 Å². The Morgan fingerprint density at radius 1 is 1.03 bits per heavy atom. The van der Waals surface area contributed by atoms with Crippen molar-refractivity contribution < 1.29 is 19.1 Å². The molecule has 1 saturated heterocycles. The number of carbonyl (C=O) groups excluding carboxylic acids is 1. The fourth-order valence-electron chi connectivity index (χ4n) is 3.87. The second kappa shape index (κ2) is 8.75. The van der Waals surface area contributed by atoms with Crippen LogP contribution in [0.3, 0.4) is 0 Å². The van der Waals surface area contributed by atoms with E-state index in [9.17, 15) is 9.59 Å². The number of amides is 1. The van der Waals surface area contributed by atoms with Gasteiger partial charge in [-0.1, -0.05) is 23.8 Å². The van der Waals surface area contributed by atoms with Crippen LogP contribution < -0.4 is 0 Å². The van der Waals surface area contributed by atoms with Crippen molar-refractivity contribution in [2.45, 2.75) is 27.7 Å². The number of benzene rings is 2. The van der Waals surface area contributed by atoms with Crippen molar-refractivity contribution in [3.63, 3.8) is 0 Å². The van der Waals surface area contributed by atoms with E-state index in [0.717, 1.165) is 27.9 Å². The Morgan fingerprint density at radius 2 is 1.73 bits per heavy atom. The van der Waals surface area contributed by atoms with Gasteiger partial charge in [0.2, 0.25) is 0 Å². The number of carboxylic acids is 1. The lowest BCUT2D eigenvalue weighted by molar-refractivity contribution is -0.121. The summed E-state index contributed by atoms with van der Waals surface area (Å²) in [6.45, 7) is 7.93. The van der Waals surface area contributed by atoms with Crippen molar-refractivity contribution >= 4 is 40.6 Å². The van der Waals surface area contributed by atoms with E-state index in [4.69, 9.17) is 14.5 Å². The third-order valence-corrected chi connectivity index (χ3v) is 6.55. The molecule has 1 N–H and O–H groups in total. The van der Waals surface area contributed by atoms with E-state index in [0.29, 0.717) is 21.6 Å². The number of rotatable bonds is 4. The molecule has 0 bridgehead atoms. The number of carbonyl (C=O) groups is 2. The summed E-state index contributed by atoms with van der Waals surface area (Å²) in [6, 6.07) is 12.7. The molecule has 6 nitrogen and oxygen atoms in total. The summed E-state index contributed by atoms with van der Waals surface area (Å²) in [7, 11) is 1.72. The zero-order chi connectivity index (χ0) is 23.9. The number of likely N-dealkylation sites (N-methyl/N-ethyl adjacent to an activating group) is 1. The van der Waals surface area contributed by atoms with E-state index in [-0.39, 0.29) is 11.5 Å². The lowest BCUT2D eigenvalue weighted by Crippen LogP contribution is -2.23. The first-order chi connectivity index (χ1) is 15.6. The standard InChI is InChI=1S/C26H24N2O4S/c1-14-10-16(3)23(17(4)11-14)27-26-28(5)24(29)22(33-26)13-19-7-9-21(32-19)20-8-6-18(25(30)31)12-15(20)2/h6-13H,1-5H3,(H,30,31)/b22-13-,27-26?. The Balaban J connectivity index is 1.62. The maximum atomic E-state index is 12.8. The maximum Gasteiger partial charge on any atom is 0.335 e. The molecule has 1 amide bonds. The first-order valence-electron chi connectivity index (χ1n) is 10.4. The molecular weight excluding hydrogens is 436 g/mol. The molecule has 0 unspecified atom stereocenters. The van der Waals surface area contributed by atoms with Crippen LogP contribution >= 0.6 is 11.8 Å². The molecule has 0 aliphatic carbocycles. The first kappa shape index (κ1) is 22.6. The Morgan fingerprint density at radius 3 is 2.36 bits per heavy atom. The van der Waals surface area contributed by atoms with Gasteiger partial charge < -0.3 is 9.52 Å². The highest BCUT2D eigenvalue weighted by atomic mass is 32.2. The zero-order valence-electron chi connectivity index (χ0n) is 19.1. The van der Waals surface area contributed by atoms with Crippen molar-refractivity contribution in [3.8, 4) is 11.3 Å². The highest BCUT2D eigenvalue weighted by Crippen LogP contribution is 2.36. The molecule has 4 rings (SSSR count). The monoisotopic (exact) mass is 460 g/mol. The quantitative estimate of drug-likeness (QED) is 0.475. The van der Waals surface area contributed by atoms with Gasteiger partial charge in [0.1, 0.15) is 11.5 Å². The molecule has 1 fully saturated rings. The second-order valence-electron chi connectivity index (χ2n) is 8.15. The number of aromatic carboxylic acids is 1. The minimum absolute atomic E-state index is 0.138. The minimum Gasteiger partial charge on any atom is -0.478 e. The lowest BCUT2D eigenvalue weighted by Gasteiger charge is -2.11. The number of aliphatic imine (C=N–C) groups is 1. The van der Waals surface area contributed by atoms with Gasteiger partial charge in [0.05, 0.1) is 16.2 Å². The van der Waals surface area contributed by atoms with Gasteiger partial charge in [0.15, 0.2) is 5.17 Å². The molecule has 0 radical (unpaired) electrons. The lowest BCUT2D eigenvalue weighted by atomic mass is 10.0. The number of amidine groups is 1. The molecule has 1 aliphatic rings. The van der Waals surface area contributed by atoms with Gasteiger partial charge in [-0.2, -0.15) is 0 Å². The smallest absolute Gasteiger partial charge is 0.335 e. The van der Waals surface area contributed by atoms with E-state index in [1.165, 1.54) is 17.3 Å². The number of aryl methyl sites for hydroxylation is 4. The number of furan rings is 1. The molecule has 1 aromatic heterocycles. The minimum atomic E-state index is -0.969. The topological polar surface area (TPSA) is 83.1 Å². The van der Waals surface area contributed by atoms with Gasteiger partial charge in [-0.3, -0.25) is 9.69 Å². The van der Waals surface area contributed by atoms with Crippen LogP contribution in [0.5, 0.6) is 0 Å². The van der Waals surface area contributed by atoms with Crippen LogP contribution in [0.15, 0.2) is 56.8 Å². The van der Waals surface area contributed by atoms with Gasteiger partial charge in [-0.05, 0) is 80.4 Å². The van der Waals surface area contributed by atoms with Crippen molar-refractivity contribution in [3.05, 3.63) is 80.9 Å². The Kier molecular flexibility index (Phi) is 5.99. The van der Waals surface area contributed by atoms with E-state index in [1.54, 1.807) is 42.3 Å². The summed E-state index contributed by atoms with van der Waals surface area (Å²) < 4.78 is 5.95. The third-order valence-electron chi connectivity index (χ3n) is 5.49. The predicted octanol–water partition coefficient (Wildman–Crippen LogP) is 6.11. The number of thioether (sulfide) groups is 1. The SMILES string of the molecule is Cc1cc(C)c(N=C2S/C(=C\c3ccc(-c4ccc(C(=O)O)cc4C)o3)C(=O)N2C)c(C)c1. The molecule has 1 aliphatic heterocycles. The van der Waals surface area contributed by atoms with Gasteiger partial charge in [0, 0.05) is 18.7 Å². The summed E-state index contributed by atoms with van der Waals surface area (Å²) in [5.74, 6) is 0.0461. The Hall–Kier alpha value is -3.58. The molecule has 7 heteroatoms. The maximum absolute atomic E-state index is 12.8. The van der Waals surface area contributed by atoms with E-state index in [1.807, 2.05) is 26.8 Å². The fraction of sp³-hybridized carbons (Fsp3) is 0.192. The second-order valence-corrected chi connectivity index (χ2v) is 9.16. The number of hydrogen-bond donors (Lipinski definition) is 1. The summed E-state index contributed by atoms with van der Waals surface area (Å²) in [4.78, 5) is 30.8. The van der Waals surface area contributed by atoms with Crippen molar-refractivity contribution in [2.75, 3.05) is 7.05 Å². The molecule has 33 heavy (non-hydrogen) atoms. The molecule has 2 aromatic carbocycles. The van der Waals surface area contributed by atoms with E-state index < -0.39 is 5.97 Å². The summed E-state index contributed by atoms with van der Waals surface area (Å²) in [5, 5.41) is 9.78. The predicted molar refractivity (Wildman–Crippen MR) is 132 cm³/mol. The van der Waals surface area contributed by atoms with Crippen LogP contribution in [0.1, 0.15) is 38.4 Å². The molecule has 0 atom stereocenters. The molecule has 3 aromatic rings. The summed E-state index contributed by atoms with van der Waals surface area (Å²) >= 11 is 1.31. The fourth-order valence-corrected chi connectivity index (χ4v) is 4.83. The molecule has 0 saturated carbocycles. The van der Waals surface area contributed by atoms with E-state index in [2.05, 4.69) is 19.1 Å². The molecular formula is C26H24N2O4S. The molecule has 2 heterocycles. The summed E-state index contributed by atoms with van der Waals surface area (Å²) in [6.07, 6.45) is 1.71. The average Bonchev–Trinajstić information content (AvgIpc) is 3.31. The van der Waals surface area contributed by atoms with Crippen molar-refractivity contribution in [1.29, 1.82) is 0 Å². The number of hydrogen-bond acceptors (Lipinski definition) is 5. The van der Waals surface area contributed by atoms with Gasteiger partial charge in [-0.15, -0.1) is 0 Å². The summed E-state index contributed by atoms with van der Waals surface area (Å²) in [5.41, 5.74) is 6.03. The van der Waals surface area contributed by atoms with Crippen molar-refractivity contribution in [1.82, 2.24) is 4.90 Å². The normalized spacial score (nSPS) is 16.3. The van der Waals surface area contributed by atoms with Gasteiger partial charge in [0.25, 0.3) is 5.91 Å².